The fraction of sp³-hybridized carbons (Fsp3) is 0.600. The van der Waals surface area contributed by atoms with Crippen LogP contribution in [0.5, 0.6) is 5.75 Å². The molecular weight excluding hydrogens is 350 g/mol. The Morgan fingerprint density at radius 1 is 1.31 bits per heavy atom. The summed E-state index contributed by atoms with van der Waals surface area (Å²) in [6.07, 6.45) is 7.80. The molecule has 5 nitrogen and oxygen atoms in total. The maximum atomic E-state index is 12.8. The Bertz CT molecular complexity index is 683. The van der Waals surface area contributed by atoms with Crippen LogP contribution in [0.25, 0.3) is 0 Å². The molecule has 0 radical (unpaired) electrons. The van der Waals surface area contributed by atoms with Gasteiger partial charge in [-0.3, -0.25) is 0 Å². The van der Waals surface area contributed by atoms with Gasteiger partial charge in [-0.1, -0.05) is 31.2 Å². The molecule has 0 heterocycles. The standard InChI is InChI=1S/C20H31NO4S/c1-4-5-6-7-13-26(22,23)21(16-24-3)17(2)19-9-8-10-20(14-19)25-15-18-11-12-18/h5-6,8-10,14,17-18H,4,7,11-13,15-16H2,1-3H3/b6-5+/t17-/m1/s1. The van der Waals surface area contributed by atoms with Crippen molar-refractivity contribution in [3.8, 4) is 5.75 Å². The van der Waals surface area contributed by atoms with Gasteiger partial charge >= 0.3 is 0 Å². The molecule has 0 bridgehead atoms. The normalized spacial score (nSPS) is 16.3. The highest BCUT2D eigenvalue weighted by molar-refractivity contribution is 7.89. The molecule has 1 aliphatic rings. The van der Waals surface area contributed by atoms with E-state index in [-0.39, 0.29) is 18.5 Å². The van der Waals surface area contributed by atoms with Gasteiger partial charge in [0, 0.05) is 13.2 Å². The lowest BCUT2D eigenvalue weighted by molar-refractivity contribution is 0.0974. The van der Waals surface area contributed by atoms with E-state index in [2.05, 4.69) is 0 Å². The Labute approximate surface area is 158 Å². The molecule has 6 heteroatoms. The zero-order valence-electron chi connectivity index (χ0n) is 16.1. The third-order valence-corrected chi connectivity index (χ3v) is 6.40. The average Bonchev–Trinajstić information content (AvgIpc) is 3.45. The monoisotopic (exact) mass is 381 g/mol. The molecule has 1 atom stereocenters. The van der Waals surface area contributed by atoms with Crippen LogP contribution in [0.15, 0.2) is 36.4 Å². The Morgan fingerprint density at radius 2 is 2.08 bits per heavy atom. The highest BCUT2D eigenvalue weighted by Gasteiger charge is 2.28. The minimum Gasteiger partial charge on any atom is -0.493 e. The lowest BCUT2D eigenvalue weighted by Gasteiger charge is -2.28. The van der Waals surface area contributed by atoms with Crippen LogP contribution in [-0.4, -0.2) is 38.9 Å². The van der Waals surface area contributed by atoms with Crippen molar-refractivity contribution in [2.45, 2.75) is 45.6 Å². The van der Waals surface area contributed by atoms with E-state index in [9.17, 15) is 8.42 Å². The Hall–Kier alpha value is -1.37. The van der Waals surface area contributed by atoms with Crippen LogP contribution in [0.2, 0.25) is 0 Å². The Kier molecular flexibility index (Phi) is 8.13. The number of sulfonamides is 1. The predicted octanol–water partition coefficient (Wildman–Crippen LogP) is 4.13. The zero-order chi connectivity index (χ0) is 19.0. The van der Waals surface area contributed by atoms with Crippen molar-refractivity contribution in [2.24, 2.45) is 5.92 Å². The number of methoxy groups -OCH3 is 1. The first-order valence-electron chi connectivity index (χ1n) is 9.34. The molecule has 0 aromatic heterocycles. The van der Waals surface area contributed by atoms with E-state index in [4.69, 9.17) is 9.47 Å². The summed E-state index contributed by atoms with van der Waals surface area (Å²) in [4.78, 5) is 0. The number of nitrogens with zero attached hydrogens (tertiary/aromatic N) is 1. The molecule has 2 rings (SSSR count). The van der Waals surface area contributed by atoms with E-state index < -0.39 is 10.0 Å². The van der Waals surface area contributed by atoms with Gasteiger partial charge in [0.2, 0.25) is 10.0 Å². The fourth-order valence-electron chi connectivity index (χ4n) is 2.71. The molecule has 0 unspecified atom stereocenters. The lowest BCUT2D eigenvalue weighted by atomic mass is 10.1. The maximum Gasteiger partial charge on any atom is 0.216 e. The summed E-state index contributed by atoms with van der Waals surface area (Å²) >= 11 is 0. The van der Waals surface area contributed by atoms with Crippen LogP contribution in [0.3, 0.4) is 0 Å². The number of hydrogen-bond donors (Lipinski definition) is 0. The number of hydrogen-bond acceptors (Lipinski definition) is 4. The average molecular weight is 382 g/mol. The van der Waals surface area contributed by atoms with Crippen LogP contribution in [-0.2, 0) is 14.8 Å². The first-order chi connectivity index (χ1) is 12.5. The summed E-state index contributed by atoms with van der Waals surface area (Å²) in [6.45, 7) is 4.69. The summed E-state index contributed by atoms with van der Waals surface area (Å²) in [5, 5.41) is 0. The van der Waals surface area contributed by atoms with Crippen LogP contribution >= 0.6 is 0 Å². The number of benzene rings is 1. The maximum absolute atomic E-state index is 12.8. The second kappa shape index (κ2) is 10.1. The molecule has 0 aliphatic heterocycles. The topological polar surface area (TPSA) is 55.8 Å². The highest BCUT2D eigenvalue weighted by atomic mass is 32.2. The summed E-state index contributed by atoms with van der Waals surface area (Å²) < 4.78 is 38.0. The number of rotatable bonds is 12. The molecule has 1 aromatic carbocycles. The van der Waals surface area contributed by atoms with Crippen molar-refractivity contribution in [1.82, 2.24) is 4.31 Å². The van der Waals surface area contributed by atoms with Gasteiger partial charge in [0.25, 0.3) is 0 Å². The molecule has 0 amide bonds. The quantitative estimate of drug-likeness (QED) is 0.403. The van der Waals surface area contributed by atoms with Crippen molar-refractivity contribution in [2.75, 3.05) is 26.2 Å². The molecule has 26 heavy (non-hydrogen) atoms. The smallest absolute Gasteiger partial charge is 0.216 e. The summed E-state index contributed by atoms with van der Waals surface area (Å²) in [5.41, 5.74) is 0.906. The summed E-state index contributed by atoms with van der Waals surface area (Å²) in [6, 6.07) is 7.38. The second-order valence-electron chi connectivity index (χ2n) is 6.79. The van der Waals surface area contributed by atoms with Gasteiger partial charge < -0.3 is 9.47 Å². The van der Waals surface area contributed by atoms with Crippen molar-refractivity contribution in [3.05, 3.63) is 42.0 Å². The molecule has 1 fully saturated rings. The van der Waals surface area contributed by atoms with Gasteiger partial charge in [-0.05, 0) is 56.2 Å². The van der Waals surface area contributed by atoms with Gasteiger partial charge in [-0.25, -0.2) is 8.42 Å². The van der Waals surface area contributed by atoms with E-state index >= 15 is 0 Å². The SMILES string of the molecule is CC/C=C/CCS(=O)(=O)N(COC)[C@H](C)c1cccc(OCC2CC2)c1. The van der Waals surface area contributed by atoms with Crippen molar-refractivity contribution >= 4 is 10.0 Å². The summed E-state index contributed by atoms with van der Waals surface area (Å²) in [5.74, 6) is 1.55. The third kappa shape index (κ3) is 6.41. The Balaban J connectivity index is 2.09. The molecule has 0 saturated heterocycles. The van der Waals surface area contributed by atoms with E-state index in [0.29, 0.717) is 12.3 Å². The van der Waals surface area contributed by atoms with Crippen molar-refractivity contribution in [3.63, 3.8) is 0 Å². The minimum absolute atomic E-state index is 0.0359. The third-order valence-electron chi connectivity index (χ3n) is 4.51. The predicted molar refractivity (Wildman–Crippen MR) is 105 cm³/mol. The van der Waals surface area contributed by atoms with E-state index in [0.717, 1.165) is 24.3 Å². The van der Waals surface area contributed by atoms with E-state index in [1.54, 1.807) is 0 Å². The second-order valence-corrected chi connectivity index (χ2v) is 8.83. The largest absolute Gasteiger partial charge is 0.493 e. The molecule has 146 valence electrons. The molecule has 1 aromatic rings. The summed E-state index contributed by atoms with van der Waals surface area (Å²) in [7, 11) is -1.91. The minimum atomic E-state index is -3.42. The first-order valence-corrected chi connectivity index (χ1v) is 10.9. The molecule has 1 saturated carbocycles. The van der Waals surface area contributed by atoms with E-state index in [1.807, 2.05) is 50.3 Å². The van der Waals surface area contributed by atoms with Gasteiger partial charge in [0.05, 0.1) is 12.4 Å². The molecule has 0 N–H and O–H groups in total. The lowest BCUT2D eigenvalue weighted by Crippen LogP contribution is -2.36. The Morgan fingerprint density at radius 3 is 2.73 bits per heavy atom. The van der Waals surface area contributed by atoms with Crippen LogP contribution in [0.4, 0.5) is 0 Å². The fourth-order valence-corrected chi connectivity index (χ4v) is 4.25. The van der Waals surface area contributed by atoms with Crippen LogP contribution < -0.4 is 4.74 Å². The van der Waals surface area contributed by atoms with Gasteiger partial charge in [-0.2, -0.15) is 4.31 Å². The van der Waals surface area contributed by atoms with Gasteiger partial charge in [0.1, 0.15) is 12.5 Å². The van der Waals surface area contributed by atoms with Gasteiger partial charge in [-0.15, -0.1) is 0 Å². The van der Waals surface area contributed by atoms with Crippen molar-refractivity contribution in [1.29, 1.82) is 0 Å². The molecule has 1 aliphatic carbocycles. The van der Waals surface area contributed by atoms with Crippen molar-refractivity contribution < 1.29 is 17.9 Å². The van der Waals surface area contributed by atoms with Crippen LogP contribution in [0.1, 0.15) is 51.1 Å². The highest BCUT2D eigenvalue weighted by Crippen LogP contribution is 2.31. The van der Waals surface area contributed by atoms with Gasteiger partial charge in [0.15, 0.2) is 0 Å². The zero-order valence-corrected chi connectivity index (χ0v) is 16.9. The van der Waals surface area contributed by atoms with E-state index in [1.165, 1.54) is 24.3 Å². The molecule has 0 spiro atoms. The first kappa shape index (κ1) is 20.9. The number of allylic oxidation sites excluding steroid dienone is 2. The molecular formula is C20H31NO4S. The van der Waals surface area contributed by atoms with Crippen LogP contribution in [0, 0.1) is 5.92 Å². The number of ether oxygens (including phenoxy) is 2.